The fourth-order valence-corrected chi connectivity index (χ4v) is 4.50. The topological polar surface area (TPSA) is 158 Å². The average Bonchev–Trinajstić information content (AvgIpc) is 3.42. The Morgan fingerprint density at radius 1 is 1.29 bits per heavy atom. The predicted octanol–water partition coefficient (Wildman–Crippen LogP) is 0.556. The quantitative estimate of drug-likeness (QED) is 0.528. The molecule has 2 saturated heterocycles. The van der Waals surface area contributed by atoms with E-state index in [2.05, 4.69) is 32.1 Å². The highest BCUT2D eigenvalue weighted by Gasteiger charge is 2.41. The van der Waals surface area contributed by atoms with Crippen LogP contribution in [0, 0.1) is 17.8 Å². The lowest BCUT2D eigenvalue weighted by molar-refractivity contribution is -0.137. The highest BCUT2D eigenvalue weighted by atomic mass is 16.5. The highest BCUT2D eigenvalue weighted by molar-refractivity contribution is 5.83. The number of nitrogens with two attached hydrogens (primary N) is 1. The van der Waals surface area contributed by atoms with Crippen LogP contribution in [-0.4, -0.2) is 80.0 Å². The van der Waals surface area contributed by atoms with Gasteiger partial charge in [-0.25, -0.2) is 19.7 Å². The number of hydrogen-bond acceptors (Lipinski definition) is 9. The summed E-state index contributed by atoms with van der Waals surface area (Å²) in [5.74, 6) is 6.67. The van der Waals surface area contributed by atoms with Crippen LogP contribution in [0.3, 0.4) is 0 Å². The molecular formula is C23H29N7O5. The zero-order chi connectivity index (χ0) is 24.5. The summed E-state index contributed by atoms with van der Waals surface area (Å²) in [5.41, 5.74) is 6.96. The molecule has 2 aromatic heterocycles. The third-order valence-electron chi connectivity index (χ3n) is 6.68. The number of fused-ring (bicyclic) bond motifs is 1. The largest absolute Gasteiger partial charge is 0.453 e. The molecule has 3 atom stereocenters. The number of aliphatic hydroxyl groups is 1. The summed E-state index contributed by atoms with van der Waals surface area (Å²) < 4.78 is 12.3. The second kappa shape index (κ2) is 9.67. The van der Waals surface area contributed by atoms with Crippen molar-refractivity contribution in [2.24, 2.45) is 5.92 Å². The van der Waals surface area contributed by atoms with E-state index >= 15 is 0 Å². The number of nitrogen functional groups attached to an aromatic ring is 1. The molecule has 12 nitrogen and oxygen atoms in total. The SMILES string of the molecule is COC(=O)N1CCC(CC#Cc2nc(N)c3ncn([C@H]4CC(O)[C@@H](C(=O)NC5CC5)O4)c3n2)CC1. The molecule has 5 rings (SSSR count). The van der Waals surface area contributed by atoms with Gasteiger partial charge in [-0.15, -0.1) is 0 Å². The normalized spacial score (nSPS) is 24.7. The zero-order valence-corrected chi connectivity index (χ0v) is 19.5. The van der Waals surface area contributed by atoms with Crippen LogP contribution in [0.25, 0.3) is 11.2 Å². The standard InChI is InChI=1S/C23H29N7O5/c1-34-23(33)29-9-7-13(8-10-29)3-2-4-16-27-20(24)18-21(28-16)30(12-25-18)17-11-15(31)19(35-17)22(32)26-14-5-6-14/h12-15,17,19,31H,3,5-11H2,1H3,(H,26,32)(H2,24,27,28)/t15?,17-,19+/m1/s1. The third-order valence-corrected chi connectivity index (χ3v) is 6.68. The first kappa shape index (κ1) is 23.3. The molecule has 1 unspecified atom stereocenters. The molecule has 2 aromatic rings. The summed E-state index contributed by atoms with van der Waals surface area (Å²) >= 11 is 0. The van der Waals surface area contributed by atoms with Gasteiger partial charge in [-0.2, -0.15) is 0 Å². The van der Waals surface area contributed by atoms with E-state index in [1.165, 1.54) is 13.4 Å². The minimum absolute atomic E-state index is 0.181. The van der Waals surface area contributed by atoms with Crippen molar-refractivity contribution >= 4 is 29.0 Å². The van der Waals surface area contributed by atoms with E-state index in [0.717, 1.165) is 25.7 Å². The van der Waals surface area contributed by atoms with Crippen molar-refractivity contribution in [3.05, 3.63) is 12.2 Å². The van der Waals surface area contributed by atoms with Gasteiger partial charge in [0.2, 0.25) is 5.82 Å². The van der Waals surface area contributed by atoms with Gasteiger partial charge in [0, 0.05) is 32.0 Å². The third kappa shape index (κ3) is 5.01. The lowest BCUT2D eigenvalue weighted by Gasteiger charge is -2.29. The molecule has 0 aromatic carbocycles. The average molecular weight is 484 g/mol. The van der Waals surface area contributed by atoms with Crippen LogP contribution in [-0.2, 0) is 14.3 Å². The van der Waals surface area contributed by atoms with Crippen molar-refractivity contribution in [3.63, 3.8) is 0 Å². The molecule has 12 heteroatoms. The van der Waals surface area contributed by atoms with Crippen molar-refractivity contribution in [3.8, 4) is 11.8 Å². The molecule has 186 valence electrons. The van der Waals surface area contributed by atoms with E-state index in [9.17, 15) is 14.7 Å². The number of carbonyl (C=O) groups is 2. The maximum Gasteiger partial charge on any atom is 0.409 e. The summed E-state index contributed by atoms with van der Waals surface area (Å²) in [6.45, 7) is 1.31. The summed E-state index contributed by atoms with van der Waals surface area (Å²) in [6.07, 6.45) is 3.26. The van der Waals surface area contributed by atoms with Gasteiger partial charge in [0.15, 0.2) is 17.6 Å². The Kier molecular flexibility index (Phi) is 6.44. The lowest BCUT2D eigenvalue weighted by atomic mass is 9.94. The Bertz CT molecular complexity index is 1180. The van der Waals surface area contributed by atoms with Crippen LogP contribution >= 0.6 is 0 Å². The first-order valence-corrected chi connectivity index (χ1v) is 11.9. The van der Waals surface area contributed by atoms with Crippen molar-refractivity contribution in [1.82, 2.24) is 29.7 Å². The number of aliphatic hydroxyl groups excluding tert-OH is 1. The first-order valence-electron chi connectivity index (χ1n) is 11.9. The fraction of sp³-hybridized carbons (Fsp3) is 0.609. The number of likely N-dealkylation sites (tertiary alicyclic amines) is 1. The molecule has 1 aliphatic carbocycles. The van der Waals surface area contributed by atoms with Gasteiger partial charge >= 0.3 is 6.09 Å². The Labute approximate surface area is 202 Å². The van der Waals surface area contributed by atoms with Gasteiger partial charge in [-0.05, 0) is 37.5 Å². The molecule has 1 saturated carbocycles. The van der Waals surface area contributed by atoms with E-state index in [1.54, 1.807) is 9.47 Å². The highest BCUT2D eigenvalue weighted by Crippen LogP contribution is 2.32. The molecule has 3 aliphatic rings. The Hall–Kier alpha value is -3.43. The second-order valence-electron chi connectivity index (χ2n) is 9.26. The number of anilines is 1. The molecule has 0 spiro atoms. The molecule has 2 amide bonds. The number of methoxy groups -OCH3 is 1. The maximum absolute atomic E-state index is 12.4. The van der Waals surface area contributed by atoms with Crippen molar-refractivity contribution in [2.45, 2.75) is 63.0 Å². The molecule has 4 heterocycles. The molecule has 2 aliphatic heterocycles. The zero-order valence-electron chi connectivity index (χ0n) is 19.5. The summed E-state index contributed by atoms with van der Waals surface area (Å²) in [5, 5.41) is 13.3. The minimum atomic E-state index is -0.943. The summed E-state index contributed by atoms with van der Waals surface area (Å²) in [6, 6.07) is 0.181. The van der Waals surface area contributed by atoms with Gasteiger partial charge in [0.1, 0.15) is 11.7 Å². The van der Waals surface area contributed by atoms with Crippen LogP contribution in [0.15, 0.2) is 6.33 Å². The molecular weight excluding hydrogens is 454 g/mol. The van der Waals surface area contributed by atoms with E-state index in [1.807, 2.05) is 0 Å². The van der Waals surface area contributed by atoms with Crippen molar-refractivity contribution in [2.75, 3.05) is 25.9 Å². The Balaban J connectivity index is 1.26. The number of nitrogens with one attached hydrogen (secondary N) is 1. The number of nitrogens with zero attached hydrogens (tertiary/aromatic N) is 5. The second-order valence-corrected chi connectivity index (χ2v) is 9.26. The van der Waals surface area contributed by atoms with Gasteiger partial charge < -0.3 is 30.5 Å². The number of aromatic nitrogens is 4. The van der Waals surface area contributed by atoms with Gasteiger partial charge in [0.25, 0.3) is 5.91 Å². The number of rotatable bonds is 4. The van der Waals surface area contributed by atoms with E-state index in [-0.39, 0.29) is 36.1 Å². The number of amides is 2. The Morgan fingerprint density at radius 3 is 2.77 bits per heavy atom. The van der Waals surface area contributed by atoms with Crippen molar-refractivity contribution < 1.29 is 24.2 Å². The van der Waals surface area contributed by atoms with Crippen LogP contribution < -0.4 is 11.1 Å². The van der Waals surface area contributed by atoms with Gasteiger partial charge in [-0.3, -0.25) is 9.36 Å². The molecule has 0 radical (unpaired) electrons. The molecule has 4 N–H and O–H groups in total. The predicted molar refractivity (Wildman–Crippen MR) is 124 cm³/mol. The maximum atomic E-state index is 12.4. The van der Waals surface area contributed by atoms with Gasteiger partial charge in [-0.1, -0.05) is 5.92 Å². The van der Waals surface area contributed by atoms with Gasteiger partial charge in [0.05, 0.1) is 19.5 Å². The molecule has 35 heavy (non-hydrogen) atoms. The van der Waals surface area contributed by atoms with E-state index < -0.39 is 18.4 Å². The minimum Gasteiger partial charge on any atom is -0.453 e. The number of ether oxygens (including phenoxy) is 2. The van der Waals surface area contributed by atoms with Crippen molar-refractivity contribution in [1.29, 1.82) is 0 Å². The smallest absolute Gasteiger partial charge is 0.409 e. The fourth-order valence-electron chi connectivity index (χ4n) is 4.50. The van der Waals surface area contributed by atoms with Crippen LogP contribution in [0.5, 0.6) is 0 Å². The van der Waals surface area contributed by atoms with E-state index in [4.69, 9.17) is 15.2 Å². The van der Waals surface area contributed by atoms with Crippen LogP contribution in [0.4, 0.5) is 10.6 Å². The summed E-state index contributed by atoms with van der Waals surface area (Å²) in [7, 11) is 1.39. The number of imidazole rings is 1. The first-order chi connectivity index (χ1) is 16.9. The lowest BCUT2D eigenvalue weighted by Crippen LogP contribution is -2.41. The molecule has 0 bridgehead atoms. The molecule has 3 fully saturated rings. The Morgan fingerprint density at radius 2 is 2.06 bits per heavy atom. The van der Waals surface area contributed by atoms with E-state index in [0.29, 0.717) is 36.6 Å². The van der Waals surface area contributed by atoms with Crippen LogP contribution in [0.1, 0.15) is 50.6 Å². The van der Waals surface area contributed by atoms with Crippen LogP contribution in [0.2, 0.25) is 0 Å². The number of hydrogen-bond donors (Lipinski definition) is 3. The summed E-state index contributed by atoms with van der Waals surface area (Å²) in [4.78, 5) is 38.8. The number of piperidine rings is 1. The monoisotopic (exact) mass is 483 g/mol. The number of carbonyl (C=O) groups excluding carboxylic acids is 2.